The second-order valence-corrected chi connectivity index (χ2v) is 8.23. The first kappa shape index (κ1) is 16.8. The first-order valence-corrected chi connectivity index (χ1v) is 9.94. The van der Waals surface area contributed by atoms with E-state index in [1.54, 1.807) is 0 Å². The lowest BCUT2D eigenvalue weighted by molar-refractivity contribution is -0.138. The van der Waals surface area contributed by atoms with Gasteiger partial charge in [0, 0.05) is 25.6 Å². The fraction of sp³-hybridized carbons (Fsp3) is 0.591. The van der Waals surface area contributed by atoms with E-state index in [0.29, 0.717) is 11.3 Å². The molecule has 1 aromatic rings. The van der Waals surface area contributed by atoms with Gasteiger partial charge in [0.15, 0.2) is 0 Å². The Morgan fingerprint density at radius 1 is 0.920 bits per heavy atom. The van der Waals surface area contributed by atoms with E-state index in [9.17, 15) is 4.79 Å². The van der Waals surface area contributed by atoms with Crippen LogP contribution in [0.1, 0.15) is 44.1 Å². The number of rotatable bonds is 3. The van der Waals surface area contributed by atoms with Gasteiger partial charge in [0.25, 0.3) is 0 Å². The van der Waals surface area contributed by atoms with Crippen molar-refractivity contribution in [2.24, 2.45) is 11.3 Å². The van der Waals surface area contributed by atoms with Crippen LogP contribution in [0.25, 0.3) is 0 Å². The second-order valence-electron chi connectivity index (χ2n) is 8.23. The largest absolute Gasteiger partial charge is 0.342 e. The zero-order chi connectivity index (χ0) is 17.1. The highest BCUT2D eigenvalue weighted by Gasteiger charge is 2.39. The Hall–Kier alpha value is -1.61. The highest BCUT2D eigenvalue weighted by Crippen LogP contribution is 2.42. The van der Waals surface area contributed by atoms with Gasteiger partial charge in [-0.1, -0.05) is 42.5 Å². The van der Waals surface area contributed by atoms with Crippen LogP contribution in [0.15, 0.2) is 42.5 Å². The minimum atomic E-state index is 0.238. The van der Waals surface area contributed by atoms with Crippen molar-refractivity contribution in [2.45, 2.75) is 45.1 Å². The van der Waals surface area contributed by atoms with Crippen LogP contribution < -0.4 is 0 Å². The predicted octanol–water partition coefficient (Wildman–Crippen LogP) is 3.86. The number of hydrogen-bond acceptors (Lipinski definition) is 2. The van der Waals surface area contributed by atoms with Crippen molar-refractivity contribution in [1.29, 1.82) is 0 Å². The summed E-state index contributed by atoms with van der Waals surface area (Å²) >= 11 is 0. The fourth-order valence-corrected chi connectivity index (χ4v) is 4.81. The molecule has 0 aromatic heterocycles. The molecule has 25 heavy (non-hydrogen) atoms. The fourth-order valence-electron chi connectivity index (χ4n) is 4.81. The van der Waals surface area contributed by atoms with Gasteiger partial charge in [0.1, 0.15) is 0 Å². The number of likely N-dealkylation sites (tertiary alicyclic amines) is 2. The zero-order valence-corrected chi connectivity index (χ0v) is 15.2. The molecular formula is C22H30N2O. The van der Waals surface area contributed by atoms with Crippen LogP contribution >= 0.6 is 0 Å². The summed E-state index contributed by atoms with van der Waals surface area (Å²) in [5.41, 5.74) is 1.92. The molecule has 3 aliphatic rings. The first-order valence-electron chi connectivity index (χ1n) is 9.94. The van der Waals surface area contributed by atoms with E-state index in [1.807, 2.05) is 0 Å². The van der Waals surface area contributed by atoms with E-state index in [2.05, 4.69) is 52.3 Å². The van der Waals surface area contributed by atoms with Crippen LogP contribution in [0.3, 0.4) is 0 Å². The molecule has 3 heteroatoms. The molecule has 0 bridgehead atoms. The average molecular weight is 338 g/mol. The van der Waals surface area contributed by atoms with E-state index >= 15 is 0 Å². The molecule has 2 fully saturated rings. The molecule has 1 amide bonds. The van der Waals surface area contributed by atoms with Gasteiger partial charge in [-0.2, -0.15) is 0 Å². The summed E-state index contributed by atoms with van der Waals surface area (Å²) < 4.78 is 0. The standard InChI is InChI=1S/C22H30N2O/c25-21(20-8-4-5-9-20)24-16-12-22(13-17-24)10-14-23(15-11-22)18-19-6-2-1-3-7-19/h1-7,20H,8-18H2. The molecule has 0 saturated carbocycles. The molecule has 3 nitrogen and oxygen atoms in total. The van der Waals surface area contributed by atoms with Crippen LogP contribution in [-0.2, 0) is 11.3 Å². The molecule has 0 unspecified atom stereocenters. The lowest BCUT2D eigenvalue weighted by atomic mass is 9.71. The number of benzene rings is 1. The average Bonchev–Trinajstić information content (AvgIpc) is 3.20. The highest BCUT2D eigenvalue weighted by atomic mass is 16.2. The summed E-state index contributed by atoms with van der Waals surface area (Å²) in [5.74, 6) is 0.642. The molecule has 0 radical (unpaired) electrons. The number of carbonyl (C=O) groups excluding carboxylic acids is 1. The molecule has 2 heterocycles. The van der Waals surface area contributed by atoms with Crippen molar-refractivity contribution in [2.75, 3.05) is 26.2 Å². The number of allylic oxidation sites excluding steroid dienone is 2. The van der Waals surface area contributed by atoms with E-state index in [-0.39, 0.29) is 5.92 Å². The summed E-state index contributed by atoms with van der Waals surface area (Å²) in [6.07, 6.45) is 11.2. The molecule has 2 aliphatic heterocycles. The van der Waals surface area contributed by atoms with Crippen molar-refractivity contribution in [3.63, 3.8) is 0 Å². The maximum Gasteiger partial charge on any atom is 0.226 e. The number of amides is 1. The molecule has 2 saturated heterocycles. The van der Waals surface area contributed by atoms with Crippen molar-refractivity contribution >= 4 is 5.91 Å². The Morgan fingerprint density at radius 3 is 2.16 bits per heavy atom. The van der Waals surface area contributed by atoms with Gasteiger partial charge in [0.05, 0.1) is 0 Å². The minimum Gasteiger partial charge on any atom is -0.342 e. The normalized spacial score (nSPS) is 24.1. The van der Waals surface area contributed by atoms with E-state index in [4.69, 9.17) is 0 Å². The molecule has 1 aromatic carbocycles. The smallest absolute Gasteiger partial charge is 0.226 e. The Balaban J connectivity index is 1.26. The Kier molecular flexibility index (Phi) is 4.93. The van der Waals surface area contributed by atoms with Crippen LogP contribution in [0.2, 0.25) is 0 Å². The van der Waals surface area contributed by atoms with Crippen molar-refractivity contribution < 1.29 is 4.79 Å². The summed E-state index contributed by atoms with van der Waals surface area (Å²) in [6, 6.07) is 10.8. The zero-order valence-electron chi connectivity index (χ0n) is 15.2. The number of carbonyl (C=O) groups is 1. The molecule has 1 aliphatic carbocycles. The Bertz CT molecular complexity index is 598. The summed E-state index contributed by atoms with van der Waals surface area (Å²) in [7, 11) is 0. The van der Waals surface area contributed by atoms with Crippen LogP contribution in [-0.4, -0.2) is 41.9 Å². The van der Waals surface area contributed by atoms with Crippen LogP contribution in [0.4, 0.5) is 0 Å². The van der Waals surface area contributed by atoms with Crippen molar-refractivity contribution in [3.8, 4) is 0 Å². The summed E-state index contributed by atoms with van der Waals surface area (Å²) in [4.78, 5) is 17.4. The summed E-state index contributed by atoms with van der Waals surface area (Å²) in [6.45, 7) is 5.45. The molecular weight excluding hydrogens is 308 g/mol. The molecule has 4 rings (SSSR count). The van der Waals surface area contributed by atoms with Crippen molar-refractivity contribution in [1.82, 2.24) is 9.80 Å². The topological polar surface area (TPSA) is 23.6 Å². The predicted molar refractivity (Wildman–Crippen MR) is 101 cm³/mol. The van der Waals surface area contributed by atoms with Crippen molar-refractivity contribution in [3.05, 3.63) is 48.0 Å². The van der Waals surface area contributed by atoms with Gasteiger partial charge in [-0.3, -0.25) is 9.69 Å². The number of hydrogen-bond donors (Lipinski definition) is 0. The van der Waals surface area contributed by atoms with Gasteiger partial charge in [-0.25, -0.2) is 0 Å². The third kappa shape index (κ3) is 3.82. The maximum atomic E-state index is 12.6. The first-order chi connectivity index (χ1) is 12.2. The van der Waals surface area contributed by atoms with Gasteiger partial charge < -0.3 is 4.90 Å². The Morgan fingerprint density at radius 2 is 1.52 bits per heavy atom. The molecule has 1 spiro atoms. The second kappa shape index (κ2) is 7.33. The van der Waals surface area contributed by atoms with Crippen LogP contribution in [0.5, 0.6) is 0 Å². The van der Waals surface area contributed by atoms with Gasteiger partial charge in [-0.05, 0) is 62.6 Å². The highest BCUT2D eigenvalue weighted by molar-refractivity contribution is 5.79. The summed E-state index contributed by atoms with van der Waals surface area (Å²) in [5, 5.41) is 0. The Labute approximate surface area is 151 Å². The molecule has 134 valence electrons. The minimum absolute atomic E-state index is 0.238. The van der Waals surface area contributed by atoms with Gasteiger partial charge >= 0.3 is 0 Å². The third-order valence-electron chi connectivity index (χ3n) is 6.66. The third-order valence-corrected chi connectivity index (χ3v) is 6.66. The van der Waals surface area contributed by atoms with Gasteiger partial charge in [0.2, 0.25) is 5.91 Å². The van der Waals surface area contributed by atoms with E-state index in [0.717, 1.165) is 32.5 Å². The molecule has 0 N–H and O–H groups in total. The number of nitrogens with zero attached hydrogens (tertiary/aromatic N) is 2. The van der Waals surface area contributed by atoms with Gasteiger partial charge in [-0.15, -0.1) is 0 Å². The maximum absolute atomic E-state index is 12.6. The van der Waals surface area contributed by atoms with E-state index in [1.165, 1.54) is 44.3 Å². The van der Waals surface area contributed by atoms with E-state index < -0.39 is 0 Å². The molecule has 0 atom stereocenters. The van der Waals surface area contributed by atoms with Crippen LogP contribution in [0, 0.1) is 11.3 Å². The number of piperidine rings is 2. The monoisotopic (exact) mass is 338 g/mol. The lowest BCUT2D eigenvalue weighted by Crippen LogP contribution is -2.49. The lowest BCUT2D eigenvalue weighted by Gasteiger charge is -2.47. The quantitative estimate of drug-likeness (QED) is 0.782. The SMILES string of the molecule is O=C(C1CC=CC1)N1CCC2(CCN(Cc3ccccc3)CC2)CC1.